The van der Waals surface area contributed by atoms with Crippen LogP contribution in [0.4, 0.5) is 4.39 Å². The van der Waals surface area contributed by atoms with E-state index < -0.39 is 11.6 Å². The van der Waals surface area contributed by atoms with Gasteiger partial charge in [0.2, 0.25) is 5.78 Å². The lowest BCUT2D eigenvalue weighted by atomic mass is 10.0. The van der Waals surface area contributed by atoms with Gasteiger partial charge in [-0.15, -0.1) is 0 Å². The Kier molecular flexibility index (Phi) is 15.8. The van der Waals surface area contributed by atoms with Crippen molar-refractivity contribution in [2.24, 2.45) is 15.7 Å². The van der Waals surface area contributed by atoms with Gasteiger partial charge in [-0.25, -0.2) is 9.38 Å². The molecule has 0 aliphatic carbocycles. The second-order valence-corrected chi connectivity index (χ2v) is 6.75. The number of nitrogens with zero attached hydrogens (tertiary/aromatic N) is 2. The molecule has 0 atom stereocenters. The topological polar surface area (TPSA) is 116 Å². The molecule has 182 valence electrons. The smallest absolute Gasteiger partial charge is 0.201 e. The first kappa shape index (κ1) is 29.9. The summed E-state index contributed by atoms with van der Waals surface area (Å²) in [5.41, 5.74) is 6.54. The molecule has 33 heavy (non-hydrogen) atoms. The molecule has 0 amide bonds. The molecule has 0 aromatic heterocycles. The summed E-state index contributed by atoms with van der Waals surface area (Å²) in [6.45, 7) is 10.1. The normalized spacial score (nSPS) is 12.2. The van der Waals surface area contributed by atoms with E-state index in [0.29, 0.717) is 11.5 Å². The van der Waals surface area contributed by atoms with E-state index >= 15 is 4.39 Å². The van der Waals surface area contributed by atoms with Gasteiger partial charge in [-0.05, 0) is 31.4 Å². The van der Waals surface area contributed by atoms with Crippen LogP contribution in [0, 0.1) is 11.2 Å². The molecule has 0 radical (unpaired) electrons. The monoisotopic (exact) mass is 458 g/mol. The van der Waals surface area contributed by atoms with Crippen LogP contribution >= 0.6 is 0 Å². The number of benzene rings is 1. The minimum Gasteiger partial charge on any atom is -0.393 e. The van der Waals surface area contributed by atoms with E-state index in [0.717, 1.165) is 12.8 Å². The van der Waals surface area contributed by atoms with Crippen LogP contribution in [0.15, 0.2) is 52.4 Å². The lowest BCUT2D eigenvalue weighted by Gasteiger charge is -2.12. The number of nitrogens with two attached hydrogens (primary N) is 1. The molecule has 8 heteroatoms. The number of rotatable bonds is 12. The summed E-state index contributed by atoms with van der Waals surface area (Å²) in [4.78, 5) is 21.1. The highest BCUT2D eigenvalue weighted by Crippen LogP contribution is 2.17. The van der Waals surface area contributed by atoms with Crippen molar-refractivity contribution in [3.05, 3.63) is 59.3 Å². The van der Waals surface area contributed by atoms with Gasteiger partial charge in [-0.2, -0.15) is 0 Å². The van der Waals surface area contributed by atoms with E-state index in [4.69, 9.17) is 11.1 Å². The summed E-state index contributed by atoms with van der Waals surface area (Å²) in [5, 5.41) is 13.8. The lowest BCUT2D eigenvalue weighted by molar-refractivity contribution is -0.109. The number of amidine groups is 1. The van der Waals surface area contributed by atoms with Gasteiger partial charge in [-0.1, -0.05) is 39.8 Å². The predicted octanol–water partition coefficient (Wildman–Crippen LogP) is 4.13. The third kappa shape index (κ3) is 10.4. The van der Waals surface area contributed by atoms with Crippen molar-refractivity contribution < 1.29 is 9.18 Å². The van der Waals surface area contributed by atoms with E-state index in [1.807, 2.05) is 27.7 Å². The van der Waals surface area contributed by atoms with Gasteiger partial charge in [0.05, 0.1) is 17.3 Å². The lowest BCUT2D eigenvalue weighted by Crippen LogP contribution is -2.19. The number of carbonyl (C=O) groups excluding carboxylic acids is 1. The van der Waals surface area contributed by atoms with Gasteiger partial charge >= 0.3 is 0 Å². The number of nitrogens with one attached hydrogen (secondary N) is 3. The van der Waals surface area contributed by atoms with Crippen LogP contribution in [0.25, 0.3) is 0 Å². The number of allylic oxidation sites excluding steroid dienone is 1. The Labute approximate surface area is 197 Å². The Bertz CT molecular complexity index is 870. The molecule has 0 saturated carbocycles. The Morgan fingerprint density at radius 2 is 1.94 bits per heavy atom. The van der Waals surface area contributed by atoms with Gasteiger partial charge in [-0.3, -0.25) is 9.79 Å². The highest BCUT2D eigenvalue weighted by atomic mass is 19.1. The van der Waals surface area contributed by atoms with Crippen molar-refractivity contribution >= 4 is 23.5 Å². The molecule has 0 spiro atoms. The maximum atomic E-state index is 15.2. The summed E-state index contributed by atoms with van der Waals surface area (Å²) in [5.74, 6) is -0.710. The maximum absolute atomic E-state index is 15.2. The second-order valence-electron chi connectivity index (χ2n) is 6.75. The molecule has 7 nitrogen and oxygen atoms in total. The number of ketones is 1. The first-order chi connectivity index (χ1) is 15.9. The summed E-state index contributed by atoms with van der Waals surface area (Å²) < 4.78 is 15.2. The molecule has 0 saturated heterocycles. The summed E-state index contributed by atoms with van der Waals surface area (Å²) in [6.07, 6.45) is 7.41. The van der Waals surface area contributed by atoms with E-state index in [1.165, 1.54) is 12.3 Å². The van der Waals surface area contributed by atoms with Crippen molar-refractivity contribution in [3.8, 4) is 0 Å². The standard InChI is InChI=1S/C23H33FN6O.C2H6/c1-5-17(6-2)30-23(28-7-3)19-10-8-9-16(22(19)24)13-20(26)21(31)11-12-29-18(14-25)15-27-4;1-2/h7-12,15,17,26-27,29H,5-6,13-14,25H2,1-4H3;1-2H3/b12-11-,18-15+,26-20?,28-7?,30-23?;. The van der Waals surface area contributed by atoms with Crippen molar-refractivity contribution in [3.63, 3.8) is 0 Å². The van der Waals surface area contributed by atoms with Crippen molar-refractivity contribution in [2.45, 2.75) is 59.9 Å². The molecule has 0 bridgehead atoms. The number of halogens is 1. The molecule has 5 N–H and O–H groups in total. The zero-order valence-electron chi connectivity index (χ0n) is 20.7. The Morgan fingerprint density at radius 3 is 2.48 bits per heavy atom. The highest BCUT2D eigenvalue weighted by molar-refractivity contribution is 6.43. The molecular formula is C25H39FN6O. The van der Waals surface area contributed by atoms with Crippen molar-refractivity contribution in [1.82, 2.24) is 10.6 Å². The van der Waals surface area contributed by atoms with E-state index in [-0.39, 0.29) is 35.8 Å². The molecule has 0 aliphatic heterocycles. The second kappa shape index (κ2) is 17.4. The molecular weight excluding hydrogens is 419 g/mol. The fraction of sp³-hybridized carbons (Fsp3) is 0.440. The quantitative estimate of drug-likeness (QED) is 0.214. The van der Waals surface area contributed by atoms with Gasteiger partial charge in [0.15, 0.2) is 5.84 Å². The fourth-order valence-electron chi connectivity index (χ4n) is 2.76. The van der Waals surface area contributed by atoms with Gasteiger partial charge in [0.1, 0.15) is 5.82 Å². The number of hydrogen-bond donors (Lipinski definition) is 4. The highest BCUT2D eigenvalue weighted by Gasteiger charge is 2.17. The first-order valence-corrected chi connectivity index (χ1v) is 11.4. The van der Waals surface area contributed by atoms with Crippen LogP contribution < -0.4 is 16.4 Å². The average Bonchev–Trinajstić information content (AvgIpc) is 2.83. The summed E-state index contributed by atoms with van der Waals surface area (Å²) in [7, 11) is 1.73. The largest absolute Gasteiger partial charge is 0.393 e. The molecule has 0 heterocycles. The van der Waals surface area contributed by atoms with E-state index in [1.54, 1.807) is 44.6 Å². The van der Waals surface area contributed by atoms with Gasteiger partial charge < -0.3 is 21.8 Å². The van der Waals surface area contributed by atoms with Crippen LogP contribution in [-0.4, -0.2) is 43.2 Å². The van der Waals surface area contributed by atoms with Crippen molar-refractivity contribution in [2.75, 3.05) is 13.6 Å². The number of aliphatic imine (C=N–C) groups is 2. The molecule has 0 unspecified atom stereocenters. The zero-order valence-corrected chi connectivity index (χ0v) is 20.7. The molecule has 1 aromatic rings. The van der Waals surface area contributed by atoms with Crippen LogP contribution in [0.2, 0.25) is 0 Å². The third-order valence-electron chi connectivity index (χ3n) is 4.52. The Hall–Kier alpha value is -3.13. The molecule has 1 rings (SSSR count). The zero-order chi connectivity index (χ0) is 25.2. The van der Waals surface area contributed by atoms with Crippen molar-refractivity contribution in [1.29, 1.82) is 5.41 Å². The average molecular weight is 459 g/mol. The SMILES string of the molecule is CC.CC=NC(=NC(CC)CC)c1cccc(CC(=N)C(=O)/C=C\N/C(=C/NC)CN)c1F. The number of carbonyl (C=O) groups is 1. The summed E-state index contributed by atoms with van der Waals surface area (Å²) in [6, 6.07) is 4.92. The van der Waals surface area contributed by atoms with Crippen LogP contribution in [-0.2, 0) is 11.2 Å². The van der Waals surface area contributed by atoms with E-state index in [9.17, 15) is 4.79 Å². The summed E-state index contributed by atoms with van der Waals surface area (Å²) >= 11 is 0. The first-order valence-electron chi connectivity index (χ1n) is 11.4. The van der Waals surface area contributed by atoms with E-state index in [2.05, 4.69) is 20.6 Å². The minimum absolute atomic E-state index is 0.0506. The Morgan fingerprint density at radius 1 is 1.27 bits per heavy atom. The molecule has 0 fully saturated rings. The van der Waals surface area contributed by atoms with Crippen LogP contribution in [0.5, 0.6) is 0 Å². The Balaban J connectivity index is 0.00000497. The fourth-order valence-corrected chi connectivity index (χ4v) is 2.76. The maximum Gasteiger partial charge on any atom is 0.201 e. The third-order valence-corrected chi connectivity index (χ3v) is 4.52. The predicted molar refractivity (Wildman–Crippen MR) is 138 cm³/mol. The minimum atomic E-state index is -0.518. The van der Waals surface area contributed by atoms with Gasteiger partial charge in [0, 0.05) is 50.4 Å². The number of hydrogen-bond acceptors (Lipinski definition) is 6. The van der Waals surface area contributed by atoms with Gasteiger partial charge in [0.25, 0.3) is 0 Å². The molecule has 0 aliphatic rings. The van der Waals surface area contributed by atoms with Crippen LogP contribution in [0.3, 0.4) is 0 Å². The molecule has 1 aromatic carbocycles. The van der Waals surface area contributed by atoms with Crippen LogP contribution in [0.1, 0.15) is 58.6 Å².